The number of ether oxygens (including phenoxy) is 5. The van der Waals surface area contributed by atoms with Gasteiger partial charge in [-0.15, -0.1) is 0 Å². The fourth-order valence-electron chi connectivity index (χ4n) is 9.01. The van der Waals surface area contributed by atoms with Gasteiger partial charge in [0, 0.05) is 19.5 Å². The molecule has 14 heteroatoms. The van der Waals surface area contributed by atoms with Gasteiger partial charge in [0.1, 0.15) is 34.2 Å². The molecular weight excluding hydrogens is 719 g/mol. The quantitative estimate of drug-likeness (QED) is 0.107. The predicted octanol–water partition coefficient (Wildman–Crippen LogP) is 7.46. The normalized spacial score (nSPS) is 27.2. The van der Waals surface area contributed by atoms with Crippen molar-refractivity contribution < 1.29 is 52.2 Å². The van der Waals surface area contributed by atoms with Gasteiger partial charge >= 0.3 is 25.3 Å². The fraction of sp³-hybridized carbons (Fsp3) is 0.762. The van der Waals surface area contributed by atoms with Gasteiger partial charge in [-0.1, -0.05) is 19.9 Å². The number of hydrogen-bond acceptors (Lipinski definition) is 11. The standard InChI is InChI=1S/C42H63BN2O11/c1-38(2,3)52-35(47)33-29(50-28-23-45(24-28)32(46)19-25-16-18-44(22-25)36(48)53-39(4,5)6)14-13-26(34(33)51-37(49)54-40(7,8)9)15-17-43-55-31-21-27-20-30(41(27,10)11)42(31,12)56-43/h13-14,25,27-28,30-31H,15-24H2,1-12H3/t25?,27-,30-,31+,42-/m0/s1. The molecule has 1 unspecified atom stereocenters. The van der Waals surface area contributed by atoms with Crippen LogP contribution in [-0.2, 0) is 34.7 Å². The third kappa shape index (κ3) is 9.27. The summed E-state index contributed by atoms with van der Waals surface area (Å²) in [6.45, 7) is 24.4. The zero-order valence-electron chi connectivity index (χ0n) is 35.6. The molecule has 3 saturated carbocycles. The third-order valence-electron chi connectivity index (χ3n) is 11.9. The Morgan fingerprint density at radius 2 is 1.52 bits per heavy atom. The second-order valence-electron chi connectivity index (χ2n) is 20.3. The van der Waals surface area contributed by atoms with E-state index in [0.29, 0.717) is 62.7 Å². The van der Waals surface area contributed by atoms with Crippen LogP contribution in [0.5, 0.6) is 11.5 Å². The zero-order chi connectivity index (χ0) is 41.2. The summed E-state index contributed by atoms with van der Waals surface area (Å²) in [6, 6.07) is 3.48. The van der Waals surface area contributed by atoms with Crippen molar-refractivity contribution in [3.05, 3.63) is 23.3 Å². The molecule has 1 aromatic rings. The summed E-state index contributed by atoms with van der Waals surface area (Å²) in [7, 11) is -0.460. The Hall–Kier alpha value is -3.52. The summed E-state index contributed by atoms with van der Waals surface area (Å²) in [4.78, 5) is 56.4. The zero-order valence-corrected chi connectivity index (χ0v) is 35.6. The van der Waals surface area contributed by atoms with Crippen molar-refractivity contribution >= 4 is 31.2 Å². The highest BCUT2D eigenvalue weighted by Gasteiger charge is 2.67. The molecule has 3 aliphatic heterocycles. The van der Waals surface area contributed by atoms with E-state index in [9.17, 15) is 19.2 Å². The SMILES string of the molecule is CC(C)(C)OC(=O)Oc1c(CCB2O[C@@H]3C[C@@H]4C[C@@H](C4(C)C)[C@]3(C)O2)ccc(OC2CN(C(=O)CC3CCN(C(=O)OC(C)(C)C)C3)C2)c1C(=O)OC(C)(C)C. The van der Waals surface area contributed by atoms with Crippen molar-refractivity contribution in [2.45, 2.75) is 156 Å². The Labute approximate surface area is 332 Å². The van der Waals surface area contributed by atoms with Crippen LogP contribution in [0.15, 0.2) is 12.1 Å². The summed E-state index contributed by atoms with van der Waals surface area (Å²) in [5.74, 6) is 0.512. The molecule has 6 aliphatic rings. The first-order valence-corrected chi connectivity index (χ1v) is 20.4. The minimum atomic E-state index is -0.966. The van der Waals surface area contributed by atoms with Gasteiger partial charge in [-0.25, -0.2) is 14.4 Å². The van der Waals surface area contributed by atoms with Crippen molar-refractivity contribution in [2.24, 2.45) is 23.2 Å². The maximum Gasteiger partial charge on any atom is 0.514 e. The molecule has 5 atom stereocenters. The second-order valence-corrected chi connectivity index (χ2v) is 20.3. The van der Waals surface area contributed by atoms with E-state index in [-0.39, 0.29) is 52.1 Å². The molecule has 13 nitrogen and oxygen atoms in total. The summed E-state index contributed by atoms with van der Waals surface area (Å²) in [6.07, 6.45) is 2.27. The number of benzene rings is 1. The first kappa shape index (κ1) is 42.1. The molecule has 1 aromatic carbocycles. The average molecular weight is 783 g/mol. The number of rotatable bonds is 9. The molecule has 6 fully saturated rings. The fourth-order valence-corrected chi connectivity index (χ4v) is 9.01. The van der Waals surface area contributed by atoms with Crippen LogP contribution >= 0.6 is 0 Å². The summed E-state index contributed by atoms with van der Waals surface area (Å²) >= 11 is 0. The second kappa shape index (κ2) is 15.0. The lowest BCUT2D eigenvalue weighted by atomic mass is 9.43. The van der Waals surface area contributed by atoms with E-state index in [4.69, 9.17) is 33.0 Å². The molecule has 3 aliphatic carbocycles. The smallest absolute Gasteiger partial charge is 0.486 e. The molecule has 2 bridgehead atoms. The van der Waals surface area contributed by atoms with E-state index in [0.717, 1.165) is 19.3 Å². The van der Waals surface area contributed by atoms with Crippen LogP contribution in [0.1, 0.15) is 125 Å². The van der Waals surface area contributed by atoms with Crippen LogP contribution in [-0.4, -0.2) is 102 Å². The van der Waals surface area contributed by atoms with Gasteiger partial charge < -0.3 is 42.8 Å². The minimum Gasteiger partial charge on any atom is -0.486 e. The number of hydrogen-bond donors (Lipinski definition) is 0. The topological polar surface area (TPSA) is 139 Å². The van der Waals surface area contributed by atoms with Crippen molar-refractivity contribution in [3.8, 4) is 11.5 Å². The number of nitrogens with zero attached hydrogens (tertiary/aromatic N) is 2. The van der Waals surface area contributed by atoms with Gasteiger partial charge in [-0.3, -0.25) is 4.79 Å². The summed E-state index contributed by atoms with van der Waals surface area (Å²) in [5, 5.41) is 0. The highest BCUT2D eigenvalue weighted by atomic mass is 16.7. The molecule has 0 spiro atoms. The lowest BCUT2D eigenvalue weighted by Crippen LogP contribution is -2.65. The van der Waals surface area contributed by atoms with Crippen LogP contribution in [0.2, 0.25) is 6.32 Å². The largest absolute Gasteiger partial charge is 0.514 e. The molecule has 0 radical (unpaired) electrons. The highest BCUT2D eigenvalue weighted by molar-refractivity contribution is 6.45. The Kier molecular flexibility index (Phi) is 11.3. The number of likely N-dealkylation sites (tertiary alicyclic amines) is 2. The number of esters is 1. The molecule has 3 saturated heterocycles. The molecule has 0 N–H and O–H groups in total. The first-order chi connectivity index (χ1) is 25.8. The van der Waals surface area contributed by atoms with E-state index in [1.165, 1.54) is 0 Å². The van der Waals surface area contributed by atoms with Gasteiger partial charge in [-0.05, 0) is 136 Å². The lowest BCUT2D eigenvalue weighted by molar-refractivity contribution is -0.199. The maximum atomic E-state index is 14.0. The molecule has 310 valence electrons. The molecule has 3 heterocycles. The molecule has 2 amide bonds. The first-order valence-electron chi connectivity index (χ1n) is 20.4. The van der Waals surface area contributed by atoms with E-state index in [1.807, 2.05) is 20.8 Å². The van der Waals surface area contributed by atoms with Gasteiger partial charge in [0.05, 0.1) is 24.8 Å². The molecule has 7 rings (SSSR count). The lowest BCUT2D eigenvalue weighted by Gasteiger charge is -2.64. The summed E-state index contributed by atoms with van der Waals surface area (Å²) < 4.78 is 42.3. The van der Waals surface area contributed by atoms with Crippen molar-refractivity contribution in [1.82, 2.24) is 9.80 Å². The number of amides is 2. The van der Waals surface area contributed by atoms with Crippen LogP contribution < -0.4 is 9.47 Å². The van der Waals surface area contributed by atoms with Gasteiger partial charge in [-0.2, -0.15) is 0 Å². The Morgan fingerprint density at radius 1 is 0.857 bits per heavy atom. The predicted molar refractivity (Wildman–Crippen MR) is 209 cm³/mol. The average Bonchev–Trinajstić information content (AvgIpc) is 3.62. The number of carbonyl (C=O) groups is 4. The van der Waals surface area contributed by atoms with E-state index < -0.39 is 42.2 Å². The van der Waals surface area contributed by atoms with Crippen LogP contribution in [0, 0.1) is 23.2 Å². The molecule has 56 heavy (non-hydrogen) atoms. The van der Waals surface area contributed by atoms with Gasteiger partial charge in [0.15, 0.2) is 5.75 Å². The Bertz CT molecular complexity index is 1690. The molecular formula is C42H63BN2O11. The van der Waals surface area contributed by atoms with Crippen LogP contribution in [0.4, 0.5) is 9.59 Å². The van der Waals surface area contributed by atoms with Crippen LogP contribution in [0.3, 0.4) is 0 Å². The van der Waals surface area contributed by atoms with Crippen molar-refractivity contribution in [1.29, 1.82) is 0 Å². The maximum absolute atomic E-state index is 14.0. The molecule has 0 aromatic heterocycles. The number of carbonyl (C=O) groups excluding carboxylic acids is 4. The van der Waals surface area contributed by atoms with E-state index >= 15 is 0 Å². The van der Waals surface area contributed by atoms with Crippen molar-refractivity contribution in [3.63, 3.8) is 0 Å². The monoisotopic (exact) mass is 782 g/mol. The Balaban J connectivity index is 1.16. The highest BCUT2D eigenvalue weighted by Crippen LogP contribution is 2.65. The van der Waals surface area contributed by atoms with E-state index in [2.05, 4.69) is 20.8 Å². The van der Waals surface area contributed by atoms with Gasteiger partial charge in [0.25, 0.3) is 0 Å². The minimum absolute atomic E-state index is 0.000883. The summed E-state index contributed by atoms with van der Waals surface area (Å²) in [5.41, 5.74) is -1.91. The van der Waals surface area contributed by atoms with Gasteiger partial charge in [0.2, 0.25) is 5.91 Å². The number of aryl methyl sites for hydroxylation is 1. The Morgan fingerprint density at radius 3 is 2.14 bits per heavy atom. The van der Waals surface area contributed by atoms with E-state index in [1.54, 1.807) is 63.5 Å². The third-order valence-corrected chi connectivity index (χ3v) is 11.9. The van der Waals surface area contributed by atoms with Crippen molar-refractivity contribution in [2.75, 3.05) is 26.2 Å². The van der Waals surface area contributed by atoms with Crippen LogP contribution in [0.25, 0.3) is 0 Å².